The fourth-order valence-corrected chi connectivity index (χ4v) is 2.83. The van der Waals surface area contributed by atoms with Crippen molar-refractivity contribution in [3.05, 3.63) is 65.2 Å². The molecule has 0 bridgehead atoms. The number of imide groups is 1. The van der Waals surface area contributed by atoms with E-state index in [1.165, 1.54) is 26.0 Å². The summed E-state index contributed by atoms with van der Waals surface area (Å²) < 4.78 is 5.05. The van der Waals surface area contributed by atoms with Crippen molar-refractivity contribution in [1.82, 2.24) is 4.90 Å². The van der Waals surface area contributed by atoms with Gasteiger partial charge in [0.1, 0.15) is 6.54 Å². The highest BCUT2D eigenvalue weighted by Gasteiger charge is 2.37. The van der Waals surface area contributed by atoms with Crippen molar-refractivity contribution in [3.8, 4) is 0 Å². The van der Waals surface area contributed by atoms with Gasteiger partial charge in [-0.15, -0.1) is 0 Å². The first kappa shape index (κ1) is 19.9. The lowest BCUT2D eigenvalue weighted by molar-refractivity contribution is -0.153. The maximum atomic E-state index is 12.3. The first-order chi connectivity index (χ1) is 13.8. The Hall–Kier alpha value is -3.81. The van der Waals surface area contributed by atoms with Crippen LogP contribution < -0.4 is 5.32 Å². The zero-order valence-electron chi connectivity index (χ0n) is 15.8. The Morgan fingerprint density at radius 3 is 2.03 bits per heavy atom. The van der Waals surface area contributed by atoms with E-state index in [0.29, 0.717) is 11.3 Å². The van der Waals surface area contributed by atoms with Crippen LogP contribution in [0.15, 0.2) is 48.5 Å². The molecule has 0 unspecified atom stereocenters. The molecule has 1 aliphatic rings. The second-order valence-corrected chi connectivity index (χ2v) is 6.50. The van der Waals surface area contributed by atoms with E-state index in [-0.39, 0.29) is 16.9 Å². The van der Waals surface area contributed by atoms with Gasteiger partial charge in [0.05, 0.1) is 11.1 Å². The predicted octanol–water partition coefficient (Wildman–Crippen LogP) is 2.06. The van der Waals surface area contributed by atoms with E-state index in [1.54, 1.807) is 36.4 Å². The van der Waals surface area contributed by atoms with Crippen LogP contribution in [0.25, 0.3) is 0 Å². The Kier molecular flexibility index (Phi) is 5.54. The fourth-order valence-electron chi connectivity index (χ4n) is 2.83. The van der Waals surface area contributed by atoms with Gasteiger partial charge >= 0.3 is 5.97 Å². The number of benzene rings is 2. The maximum absolute atomic E-state index is 12.3. The molecule has 0 radical (unpaired) electrons. The van der Waals surface area contributed by atoms with Crippen LogP contribution in [0.3, 0.4) is 0 Å². The third-order valence-electron chi connectivity index (χ3n) is 4.40. The highest BCUT2D eigenvalue weighted by molar-refractivity contribution is 6.22. The Labute approximate surface area is 166 Å². The lowest BCUT2D eigenvalue weighted by atomic mass is 10.1. The summed E-state index contributed by atoms with van der Waals surface area (Å²) in [7, 11) is 0. The molecule has 0 saturated carbocycles. The van der Waals surface area contributed by atoms with Crippen LogP contribution in [-0.2, 0) is 14.3 Å². The van der Waals surface area contributed by atoms with Crippen molar-refractivity contribution in [3.63, 3.8) is 0 Å². The van der Waals surface area contributed by atoms with E-state index in [0.717, 1.165) is 4.90 Å². The van der Waals surface area contributed by atoms with Crippen molar-refractivity contribution in [1.29, 1.82) is 0 Å². The Morgan fingerprint density at radius 2 is 1.52 bits per heavy atom. The molecule has 3 rings (SSSR count). The Balaban J connectivity index is 1.56. The molecule has 0 aliphatic carbocycles. The van der Waals surface area contributed by atoms with E-state index in [4.69, 9.17) is 4.74 Å². The quantitative estimate of drug-likeness (QED) is 0.456. The molecule has 2 aromatic carbocycles. The normalized spacial score (nSPS) is 13.7. The zero-order chi connectivity index (χ0) is 21.1. The van der Waals surface area contributed by atoms with E-state index in [2.05, 4.69) is 5.32 Å². The number of hydrogen-bond donors (Lipinski definition) is 1. The van der Waals surface area contributed by atoms with E-state index < -0.39 is 36.3 Å². The summed E-state index contributed by atoms with van der Waals surface area (Å²) in [6, 6.07) is 12.5. The fraction of sp³-hybridized carbons (Fsp3) is 0.190. The smallest absolute Gasteiger partial charge is 0.326 e. The van der Waals surface area contributed by atoms with Crippen LogP contribution in [0, 0.1) is 0 Å². The highest BCUT2D eigenvalue weighted by atomic mass is 16.5. The molecule has 3 amide bonds. The molecule has 0 aromatic heterocycles. The predicted molar refractivity (Wildman–Crippen MR) is 102 cm³/mol. The average Bonchev–Trinajstić information content (AvgIpc) is 2.93. The number of carbonyl (C=O) groups is 5. The minimum Gasteiger partial charge on any atom is -0.451 e. The second kappa shape index (κ2) is 8.05. The number of esters is 1. The van der Waals surface area contributed by atoms with Gasteiger partial charge in [-0.3, -0.25) is 28.9 Å². The molecule has 0 fully saturated rings. The number of nitrogens with zero attached hydrogens (tertiary/aromatic N) is 1. The molecule has 0 spiro atoms. The Bertz CT molecular complexity index is 977. The zero-order valence-corrected chi connectivity index (χ0v) is 15.8. The highest BCUT2D eigenvalue weighted by Crippen LogP contribution is 2.22. The molecule has 1 N–H and O–H groups in total. The molecule has 8 nitrogen and oxygen atoms in total. The number of fused-ring (bicyclic) bond motifs is 1. The summed E-state index contributed by atoms with van der Waals surface area (Å²) in [6.07, 6.45) is -1.15. The van der Waals surface area contributed by atoms with Crippen LogP contribution in [0.2, 0.25) is 0 Å². The third-order valence-corrected chi connectivity index (χ3v) is 4.40. The number of ether oxygens (including phenoxy) is 1. The van der Waals surface area contributed by atoms with Gasteiger partial charge in [0, 0.05) is 11.3 Å². The monoisotopic (exact) mass is 394 g/mol. The van der Waals surface area contributed by atoms with E-state index in [9.17, 15) is 24.0 Å². The minimum absolute atomic E-state index is 0.0988. The van der Waals surface area contributed by atoms with Crippen LogP contribution in [0.5, 0.6) is 0 Å². The summed E-state index contributed by atoms with van der Waals surface area (Å²) >= 11 is 0. The Morgan fingerprint density at radius 1 is 0.966 bits per heavy atom. The third kappa shape index (κ3) is 4.21. The summed E-state index contributed by atoms with van der Waals surface area (Å²) in [6.45, 7) is 2.22. The van der Waals surface area contributed by atoms with Crippen LogP contribution >= 0.6 is 0 Å². The van der Waals surface area contributed by atoms with Crippen molar-refractivity contribution in [2.24, 2.45) is 0 Å². The van der Waals surface area contributed by atoms with Gasteiger partial charge in [-0.25, -0.2) is 0 Å². The average molecular weight is 394 g/mol. The number of hydrogen-bond acceptors (Lipinski definition) is 6. The number of Topliss-reactive ketones (excluding diaryl/α,β-unsaturated/α-hetero) is 1. The lowest BCUT2D eigenvalue weighted by Crippen LogP contribution is -2.38. The van der Waals surface area contributed by atoms with Crippen LogP contribution in [-0.4, -0.2) is 47.0 Å². The van der Waals surface area contributed by atoms with Crippen molar-refractivity contribution >= 4 is 35.2 Å². The first-order valence-electron chi connectivity index (χ1n) is 8.84. The summed E-state index contributed by atoms with van der Waals surface area (Å²) in [4.78, 5) is 61.0. The second-order valence-electron chi connectivity index (χ2n) is 6.50. The molecular weight excluding hydrogens is 376 g/mol. The minimum atomic E-state index is -1.15. The number of amides is 3. The van der Waals surface area contributed by atoms with Gasteiger partial charge in [-0.1, -0.05) is 12.1 Å². The number of carbonyl (C=O) groups excluding carboxylic acids is 5. The largest absolute Gasteiger partial charge is 0.451 e. The van der Waals surface area contributed by atoms with Gasteiger partial charge < -0.3 is 10.1 Å². The number of rotatable bonds is 6. The van der Waals surface area contributed by atoms with Gasteiger partial charge in [-0.2, -0.15) is 0 Å². The molecule has 29 heavy (non-hydrogen) atoms. The molecule has 8 heteroatoms. The molecule has 1 aliphatic heterocycles. The van der Waals surface area contributed by atoms with Gasteiger partial charge in [0.2, 0.25) is 0 Å². The maximum Gasteiger partial charge on any atom is 0.326 e. The standard InChI is InChI=1S/C21H18N2O6/c1-12(24)14-7-9-15(10-8-14)22-19(26)13(2)29-18(25)11-23-20(27)16-5-3-4-6-17(16)21(23)28/h3-10,13H,11H2,1-2H3,(H,22,26)/t13-/m1/s1. The number of nitrogens with one attached hydrogen (secondary N) is 1. The van der Waals surface area contributed by atoms with Gasteiger partial charge in [0.25, 0.3) is 17.7 Å². The lowest BCUT2D eigenvalue weighted by Gasteiger charge is -2.16. The topological polar surface area (TPSA) is 110 Å². The van der Waals surface area contributed by atoms with Gasteiger partial charge in [-0.05, 0) is 50.2 Å². The summed E-state index contributed by atoms with van der Waals surface area (Å²) in [5.74, 6) is -2.72. The number of ketones is 1. The van der Waals surface area contributed by atoms with Gasteiger partial charge in [0.15, 0.2) is 11.9 Å². The van der Waals surface area contributed by atoms with Crippen molar-refractivity contribution < 1.29 is 28.7 Å². The molecule has 1 atom stereocenters. The molecule has 0 saturated heterocycles. The summed E-state index contributed by atoms with van der Waals surface area (Å²) in [5.41, 5.74) is 1.39. The first-order valence-corrected chi connectivity index (χ1v) is 8.84. The SMILES string of the molecule is CC(=O)c1ccc(NC(=O)[C@@H](C)OC(=O)CN2C(=O)c3ccccc3C2=O)cc1. The van der Waals surface area contributed by atoms with E-state index >= 15 is 0 Å². The van der Waals surface area contributed by atoms with Crippen LogP contribution in [0.4, 0.5) is 5.69 Å². The summed E-state index contributed by atoms with van der Waals surface area (Å²) in [5, 5.41) is 2.56. The number of anilines is 1. The van der Waals surface area contributed by atoms with Crippen molar-refractivity contribution in [2.75, 3.05) is 11.9 Å². The molecular formula is C21H18N2O6. The van der Waals surface area contributed by atoms with Crippen molar-refractivity contribution in [2.45, 2.75) is 20.0 Å². The molecule has 1 heterocycles. The molecule has 148 valence electrons. The van der Waals surface area contributed by atoms with Crippen LogP contribution in [0.1, 0.15) is 44.9 Å². The van der Waals surface area contributed by atoms with E-state index in [1.807, 2.05) is 0 Å². The molecule has 2 aromatic rings.